The molecule has 7 nitrogen and oxygen atoms in total. The molecule has 3 heterocycles. The van der Waals surface area contributed by atoms with Crippen LogP contribution in [0.25, 0.3) is 22.0 Å². The third kappa shape index (κ3) is 5.78. The van der Waals surface area contributed by atoms with E-state index in [1.54, 1.807) is 12.0 Å². The number of aromatic nitrogens is 4. The van der Waals surface area contributed by atoms with Crippen LogP contribution < -0.4 is 16.4 Å². The number of halogens is 7. The van der Waals surface area contributed by atoms with Crippen molar-refractivity contribution >= 4 is 16.5 Å². The molecular formula is C25H20F7N5O2. The summed E-state index contributed by atoms with van der Waals surface area (Å²) in [4.78, 5) is 28.3. The summed E-state index contributed by atoms with van der Waals surface area (Å²) in [6, 6.07) is 4.19. The molecule has 0 aliphatic carbocycles. The Morgan fingerprint density at radius 3 is 2.46 bits per heavy atom. The Kier molecular flexibility index (Phi) is 7.74. The molecular weight excluding hydrogens is 535 g/mol. The van der Waals surface area contributed by atoms with E-state index in [4.69, 9.17) is 0 Å². The first-order valence-electron chi connectivity index (χ1n) is 11.6. The number of aromatic amines is 1. The van der Waals surface area contributed by atoms with Gasteiger partial charge in [-0.3, -0.25) is 14.6 Å². The first kappa shape index (κ1) is 27.8. The molecule has 4 aromatic rings. The summed E-state index contributed by atoms with van der Waals surface area (Å²) in [5, 5.41) is 7.27. The molecule has 206 valence electrons. The second-order valence-electron chi connectivity index (χ2n) is 8.78. The highest BCUT2D eigenvalue weighted by Crippen LogP contribution is 2.32. The van der Waals surface area contributed by atoms with Crippen molar-refractivity contribution in [3.63, 3.8) is 0 Å². The van der Waals surface area contributed by atoms with Crippen LogP contribution in [0.4, 0.5) is 36.4 Å². The Morgan fingerprint density at radius 2 is 1.82 bits per heavy atom. The van der Waals surface area contributed by atoms with Gasteiger partial charge in [0.15, 0.2) is 11.6 Å². The average molecular weight is 555 g/mol. The number of rotatable bonds is 8. The third-order valence-corrected chi connectivity index (χ3v) is 6.04. The number of anilines is 1. The Bertz CT molecular complexity index is 1620. The highest BCUT2D eigenvalue weighted by molar-refractivity contribution is 5.87. The van der Waals surface area contributed by atoms with Crippen molar-refractivity contribution in [2.45, 2.75) is 45.0 Å². The normalized spacial score (nSPS) is 12.7. The zero-order valence-electron chi connectivity index (χ0n) is 20.1. The van der Waals surface area contributed by atoms with Gasteiger partial charge in [-0.05, 0) is 49.4 Å². The minimum absolute atomic E-state index is 0.0417. The fourth-order valence-corrected chi connectivity index (χ4v) is 4.13. The Labute approximate surface area is 215 Å². The van der Waals surface area contributed by atoms with Gasteiger partial charge in [0.05, 0.1) is 23.0 Å². The maximum Gasteiger partial charge on any atom is 0.423 e. The summed E-state index contributed by atoms with van der Waals surface area (Å²) in [5.41, 5.74) is -4.89. The SMILES string of the molecule is CC(CCCn1ccc2cc(-c3ccc(C(F)F)cn3)c(F)c(F)c2c1=O)Nc1cn[nH]c(=O)c1C(F)(F)F. The van der Waals surface area contributed by atoms with Crippen molar-refractivity contribution in [3.05, 3.63) is 86.3 Å². The van der Waals surface area contributed by atoms with Gasteiger partial charge in [-0.2, -0.15) is 18.3 Å². The molecule has 0 amide bonds. The summed E-state index contributed by atoms with van der Waals surface area (Å²) in [5.74, 6) is -2.78. The topological polar surface area (TPSA) is 92.7 Å². The molecule has 0 bridgehead atoms. The summed E-state index contributed by atoms with van der Waals surface area (Å²) >= 11 is 0. The van der Waals surface area contributed by atoms with Crippen LogP contribution in [-0.2, 0) is 12.7 Å². The van der Waals surface area contributed by atoms with Gasteiger partial charge in [-0.25, -0.2) is 22.7 Å². The number of aryl methyl sites for hydroxylation is 1. The van der Waals surface area contributed by atoms with Crippen LogP contribution in [0.3, 0.4) is 0 Å². The van der Waals surface area contributed by atoms with E-state index in [2.05, 4.69) is 15.4 Å². The number of alkyl halides is 5. The fraction of sp³-hybridized carbons (Fsp3) is 0.280. The second kappa shape index (κ2) is 10.9. The molecule has 0 saturated carbocycles. The average Bonchev–Trinajstić information content (AvgIpc) is 2.86. The van der Waals surface area contributed by atoms with E-state index in [0.29, 0.717) is 0 Å². The minimum atomic E-state index is -4.90. The number of pyridine rings is 2. The molecule has 0 spiro atoms. The van der Waals surface area contributed by atoms with Gasteiger partial charge >= 0.3 is 6.18 Å². The molecule has 0 aliphatic rings. The predicted molar refractivity (Wildman–Crippen MR) is 128 cm³/mol. The number of benzene rings is 1. The second-order valence-corrected chi connectivity index (χ2v) is 8.78. The lowest BCUT2D eigenvalue weighted by atomic mass is 10.0. The molecule has 4 rings (SSSR count). The molecule has 14 heteroatoms. The standard InChI is InChI=1S/C25H20F7N5O2/c1-12(35-17-11-34-36-23(38)19(17)25(30,31)32)3-2-7-37-8-6-13-9-15(20(26)21(27)18(13)24(37)39)16-5-4-14(10-33-16)22(28)29/h4-6,8-12,22H,2-3,7H2,1H3,(H2,35,36,38). The maximum atomic E-state index is 15.0. The first-order valence-corrected chi connectivity index (χ1v) is 11.6. The molecule has 1 unspecified atom stereocenters. The van der Waals surface area contributed by atoms with Crippen LogP contribution in [0.15, 0.2) is 52.4 Å². The van der Waals surface area contributed by atoms with Crippen molar-refractivity contribution in [2.24, 2.45) is 0 Å². The summed E-state index contributed by atoms with van der Waals surface area (Å²) in [6.07, 6.45) is -4.10. The van der Waals surface area contributed by atoms with E-state index in [0.717, 1.165) is 29.1 Å². The molecule has 1 atom stereocenters. The lowest BCUT2D eigenvalue weighted by Crippen LogP contribution is -2.27. The molecule has 0 aliphatic heterocycles. The first-order chi connectivity index (χ1) is 18.4. The van der Waals surface area contributed by atoms with Crippen molar-refractivity contribution in [3.8, 4) is 11.3 Å². The number of nitrogens with one attached hydrogen (secondary N) is 2. The molecule has 1 aromatic carbocycles. The van der Waals surface area contributed by atoms with Crippen LogP contribution in [0.2, 0.25) is 0 Å². The largest absolute Gasteiger partial charge is 0.423 e. The van der Waals surface area contributed by atoms with Gasteiger partial charge in [0.2, 0.25) is 0 Å². The van der Waals surface area contributed by atoms with Gasteiger partial charge in [0.25, 0.3) is 17.5 Å². The number of nitrogens with zero attached hydrogens (tertiary/aromatic N) is 3. The van der Waals surface area contributed by atoms with Crippen LogP contribution >= 0.6 is 0 Å². The molecule has 2 N–H and O–H groups in total. The monoisotopic (exact) mass is 555 g/mol. The molecule has 0 saturated heterocycles. The molecule has 39 heavy (non-hydrogen) atoms. The lowest BCUT2D eigenvalue weighted by Gasteiger charge is -2.18. The van der Waals surface area contributed by atoms with E-state index in [-0.39, 0.29) is 41.6 Å². The highest BCUT2D eigenvalue weighted by atomic mass is 19.4. The van der Waals surface area contributed by atoms with Crippen LogP contribution in [-0.4, -0.2) is 25.8 Å². The van der Waals surface area contributed by atoms with E-state index < -0.39 is 58.0 Å². The zero-order valence-corrected chi connectivity index (χ0v) is 20.1. The Hall–Kier alpha value is -4.23. The van der Waals surface area contributed by atoms with Gasteiger partial charge in [-0.15, -0.1) is 0 Å². The Balaban J connectivity index is 1.51. The maximum absolute atomic E-state index is 15.0. The van der Waals surface area contributed by atoms with Gasteiger partial charge in [0.1, 0.15) is 5.56 Å². The molecule has 3 aromatic heterocycles. The minimum Gasteiger partial charge on any atom is -0.381 e. The van der Waals surface area contributed by atoms with Crippen LogP contribution in [0, 0.1) is 11.6 Å². The third-order valence-electron chi connectivity index (χ3n) is 6.04. The van der Waals surface area contributed by atoms with Crippen LogP contribution in [0.5, 0.6) is 0 Å². The van der Waals surface area contributed by atoms with E-state index in [9.17, 15) is 40.3 Å². The molecule has 0 fully saturated rings. The number of hydrogen-bond acceptors (Lipinski definition) is 5. The van der Waals surface area contributed by atoms with E-state index in [1.807, 2.05) is 0 Å². The number of hydrogen-bond donors (Lipinski definition) is 2. The summed E-state index contributed by atoms with van der Waals surface area (Å²) < 4.78 is 96.2. The number of H-pyrrole nitrogens is 1. The van der Waals surface area contributed by atoms with Gasteiger partial charge in [0, 0.05) is 36.1 Å². The predicted octanol–water partition coefficient (Wildman–Crippen LogP) is 5.66. The fourth-order valence-electron chi connectivity index (χ4n) is 4.13. The smallest absolute Gasteiger partial charge is 0.381 e. The number of fused-ring (bicyclic) bond motifs is 1. The van der Waals surface area contributed by atoms with Crippen molar-refractivity contribution in [1.82, 2.24) is 19.7 Å². The quantitative estimate of drug-likeness (QED) is 0.274. The van der Waals surface area contributed by atoms with Gasteiger partial charge in [-0.1, -0.05) is 0 Å². The van der Waals surface area contributed by atoms with Crippen LogP contribution in [0.1, 0.15) is 37.3 Å². The summed E-state index contributed by atoms with van der Waals surface area (Å²) in [7, 11) is 0. The van der Waals surface area contributed by atoms with E-state index >= 15 is 0 Å². The van der Waals surface area contributed by atoms with Crippen molar-refractivity contribution in [2.75, 3.05) is 5.32 Å². The van der Waals surface area contributed by atoms with Gasteiger partial charge < -0.3 is 9.88 Å². The van der Waals surface area contributed by atoms with E-state index in [1.165, 1.54) is 18.3 Å². The highest BCUT2D eigenvalue weighted by Gasteiger charge is 2.37. The molecule has 0 radical (unpaired) electrons. The lowest BCUT2D eigenvalue weighted by molar-refractivity contribution is -0.138. The zero-order chi connectivity index (χ0) is 28.5. The Morgan fingerprint density at radius 1 is 1.08 bits per heavy atom. The van der Waals surface area contributed by atoms with Crippen molar-refractivity contribution in [1.29, 1.82) is 0 Å². The van der Waals surface area contributed by atoms with Crippen molar-refractivity contribution < 1.29 is 30.7 Å². The summed E-state index contributed by atoms with van der Waals surface area (Å²) in [6.45, 7) is 1.61.